The first-order valence-corrected chi connectivity index (χ1v) is 4.60. The molecule has 0 unspecified atom stereocenters. The number of hydrazone groups is 2. The summed E-state index contributed by atoms with van der Waals surface area (Å²) in [5.41, 5.74) is 0. The molecular weight excluding hydrogens is 192 g/mol. The van der Waals surface area contributed by atoms with Gasteiger partial charge < -0.3 is 14.4 Å². The van der Waals surface area contributed by atoms with Gasteiger partial charge in [-0.05, 0) is 12.1 Å². The highest BCUT2D eigenvalue weighted by molar-refractivity contribution is 5.80. The van der Waals surface area contributed by atoms with E-state index < -0.39 is 0 Å². The van der Waals surface area contributed by atoms with Crippen molar-refractivity contribution in [3.8, 4) is 0 Å². The zero-order valence-electron chi connectivity index (χ0n) is 9.51. The van der Waals surface area contributed by atoms with Crippen molar-refractivity contribution in [3.05, 3.63) is 23.7 Å². The lowest BCUT2D eigenvalue weighted by Crippen LogP contribution is -2.01. The van der Waals surface area contributed by atoms with E-state index >= 15 is 0 Å². The molecule has 0 fully saturated rings. The van der Waals surface area contributed by atoms with Crippen LogP contribution in [0, 0.1) is 0 Å². The predicted octanol–water partition coefficient (Wildman–Crippen LogP) is 1.07. The normalized spacial score (nSPS) is 11.5. The summed E-state index contributed by atoms with van der Waals surface area (Å²) in [6, 6.07) is 3.70. The predicted molar refractivity (Wildman–Crippen MR) is 61.3 cm³/mol. The van der Waals surface area contributed by atoms with E-state index in [1.807, 2.05) is 40.3 Å². The van der Waals surface area contributed by atoms with Gasteiger partial charge in [0, 0.05) is 28.2 Å². The van der Waals surface area contributed by atoms with E-state index in [2.05, 4.69) is 10.2 Å². The summed E-state index contributed by atoms with van der Waals surface area (Å²) < 4.78 is 5.43. The maximum absolute atomic E-state index is 5.43. The summed E-state index contributed by atoms with van der Waals surface area (Å²) in [5, 5.41) is 11.5. The van der Waals surface area contributed by atoms with Crippen molar-refractivity contribution in [2.75, 3.05) is 28.2 Å². The summed E-state index contributed by atoms with van der Waals surface area (Å²) in [5.74, 6) is 1.42. The molecule has 0 saturated carbocycles. The zero-order valence-corrected chi connectivity index (χ0v) is 9.51. The number of rotatable bonds is 4. The molecule has 0 radical (unpaired) electrons. The van der Waals surface area contributed by atoms with Gasteiger partial charge in [-0.2, -0.15) is 10.2 Å². The van der Waals surface area contributed by atoms with Crippen LogP contribution < -0.4 is 0 Å². The standard InChI is InChI=1S/C10H16N4O/c1-13(2)11-7-9-5-6-10(15-9)8-12-14(3)4/h5-8H,1-4H3/b11-7-,12-8-. The molecule has 1 aromatic heterocycles. The van der Waals surface area contributed by atoms with E-state index in [-0.39, 0.29) is 0 Å². The summed E-state index contributed by atoms with van der Waals surface area (Å²) in [4.78, 5) is 0. The van der Waals surface area contributed by atoms with E-state index in [0.29, 0.717) is 11.5 Å². The van der Waals surface area contributed by atoms with Crippen LogP contribution in [0.5, 0.6) is 0 Å². The van der Waals surface area contributed by atoms with Gasteiger partial charge in [0.05, 0.1) is 12.4 Å². The van der Waals surface area contributed by atoms with Crippen molar-refractivity contribution in [1.82, 2.24) is 10.0 Å². The molecule has 0 spiro atoms. The molecule has 0 saturated heterocycles. The molecule has 0 aliphatic rings. The van der Waals surface area contributed by atoms with Gasteiger partial charge in [0.1, 0.15) is 11.5 Å². The molecule has 0 N–H and O–H groups in total. The molecule has 82 valence electrons. The highest BCUT2D eigenvalue weighted by atomic mass is 16.3. The Labute approximate surface area is 89.7 Å². The van der Waals surface area contributed by atoms with Crippen LogP contribution in [0.3, 0.4) is 0 Å². The molecule has 5 nitrogen and oxygen atoms in total. The lowest BCUT2D eigenvalue weighted by atomic mass is 10.4. The molecule has 1 rings (SSSR count). The second-order valence-corrected chi connectivity index (χ2v) is 3.42. The van der Waals surface area contributed by atoms with Crippen LogP contribution in [0.15, 0.2) is 26.8 Å². The fourth-order valence-corrected chi connectivity index (χ4v) is 0.852. The first-order chi connectivity index (χ1) is 7.08. The maximum atomic E-state index is 5.43. The second-order valence-electron chi connectivity index (χ2n) is 3.42. The van der Waals surface area contributed by atoms with Crippen molar-refractivity contribution in [2.45, 2.75) is 0 Å². The molecule has 15 heavy (non-hydrogen) atoms. The van der Waals surface area contributed by atoms with E-state index in [4.69, 9.17) is 4.42 Å². The smallest absolute Gasteiger partial charge is 0.147 e. The molecule has 0 aliphatic heterocycles. The van der Waals surface area contributed by atoms with Crippen LogP contribution in [0.4, 0.5) is 0 Å². The highest BCUT2D eigenvalue weighted by Gasteiger charge is 1.96. The summed E-state index contributed by atoms with van der Waals surface area (Å²) in [7, 11) is 7.42. The summed E-state index contributed by atoms with van der Waals surface area (Å²) in [6.07, 6.45) is 3.32. The maximum Gasteiger partial charge on any atom is 0.147 e. The average Bonchev–Trinajstić information content (AvgIpc) is 2.59. The fourth-order valence-electron chi connectivity index (χ4n) is 0.852. The molecule has 0 aliphatic carbocycles. The lowest BCUT2D eigenvalue weighted by Gasteiger charge is -2.01. The Morgan fingerprint density at radius 3 is 1.67 bits per heavy atom. The van der Waals surface area contributed by atoms with E-state index in [9.17, 15) is 0 Å². The third-order valence-corrected chi connectivity index (χ3v) is 1.48. The Hall–Kier alpha value is -1.78. The third-order valence-electron chi connectivity index (χ3n) is 1.48. The minimum atomic E-state index is 0.712. The number of hydrogen-bond donors (Lipinski definition) is 0. The van der Waals surface area contributed by atoms with Gasteiger partial charge >= 0.3 is 0 Å². The Morgan fingerprint density at radius 2 is 1.33 bits per heavy atom. The van der Waals surface area contributed by atoms with Crippen molar-refractivity contribution >= 4 is 12.4 Å². The van der Waals surface area contributed by atoms with Crippen LogP contribution in [0.2, 0.25) is 0 Å². The lowest BCUT2D eigenvalue weighted by molar-refractivity contribution is 0.435. The van der Waals surface area contributed by atoms with E-state index in [1.54, 1.807) is 22.4 Å². The molecule has 0 amide bonds. The summed E-state index contributed by atoms with van der Waals surface area (Å²) >= 11 is 0. The van der Waals surface area contributed by atoms with Crippen LogP contribution in [-0.4, -0.2) is 50.6 Å². The van der Waals surface area contributed by atoms with Gasteiger partial charge in [-0.25, -0.2) is 0 Å². The molecule has 0 atom stereocenters. The monoisotopic (exact) mass is 208 g/mol. The number of furan rings is 1. The van der Waals surface area contributed by atoms with Crippen molar-refractivity contribution < 1.29 is 4.42 Å². The van der Waals surface area contributed by atoms with Gasteiger partial charge in [-0.3, -0.25) is 0 Å². The first kappa shape index (κ1) is 11.3. The van der Waals surface area contributed by atoms with E-state index in [0.717, 1.165) is 0 Å². The molecule has 5 heteroatoms. The van der Waals surface area contributed by atoms with Crippen LogP contribution in [0.25, 0.3) is 0 Å². The summed E-state index contributed by atoms with van der Waals surface area (Å²) in [6.45, 7) is 0. The van der Waals surface area contributed by atoms with Crippen molar-refractivity contribution in [1.29, 1.82) is 0 Å². The minimum Gasteiger partial charge on any atom is -0.454 e. The molecular formula is C10H16N4O. The molecule has 0 aromatic carbocycles. The van der Waals surface area contributed by atoms with Crippen LogP contribution in [0.1, 0.15) is 11.5 Å². The van der Waals surface area contributed by atoms with Gasteiger partial charge in [-0.15, -0.1) is 0 Å². The average molecular weight is 208 g/mol. The molecule has 1 aromatic rings. The SMILES string of the molecule is CN(C)/N=C\c1ccc(/C=N\N(C)C)o1. The fraction of sp³-hybridized carbons (Fsp3) is 0.400. The van der Waals surface area contributed by atoms with Crippen molar-refractivity contribution in [2.24, 2.45) is 10.2 Å². The minimum absolute atomic E-state index is 0.712. The van der Waals surface area contributed by atoms with Gasteiger partial charge in [-0.1, -0.05) is 0 Å². The van der Waals surface area contributed by atoms with Crippen molar-refractivity contribution in [3.63, 3.8) is 0 Å². The third kappa shape index (κ3) is 4.30. The molecule has 0 bridgehead atoms. The second kappa shape index (κ2) is 5.19. The quantitative estimate of drug-likeness (QED) is 0.549. The Bertz CT molecular complexity index is 320. The highest BCUT2D eigenvalue weighted by Crippen LogP contribution is 2.03. The van der Waals surface area contributed by atoms with Gasteiger partial charge in [0.2, 0.25) is 0 Å². The zero-order chi connectivity index (χ0) is 11.3. The first-order valence-electron chi connectivity index (χ1n) is 4.60. The Kier molecular flexibility index (Phi) is 3.91. The van der Waals surface area contributed by atoms with Crippen LogP contribution in [-0.2, 0) is 0 Å². The topological polar surface area (TPSA) is 44.3 Å². The largest absolute Gasteiger partial charge is 0.454 e. The number of hydrogen-bond acceptors (Lipinski definition) is 5. The van der Waals surface area contributed by atoms with Gasteiger partial charge in [0.25, 0.3) is 0 Å². The molecule has 1 heterocycles. The Morgan fingerprint density at radius 1 is 0.933 bits per heavy atom. The van der Waals surface area contributed by atoms with Crippen LogP contribution >= 0.6 is 0 Å². The number of nitrogens with zero attached hydrogens (tertiary/aromatic N) is 4. The van der Waals surface area contributed by atoms with E-state index in [1.165, 1.54) is 0 Å². The Balaban J connectivity index is 2.64. The van der Waals surface area contributed by atoms with Gasteiger partial charge in [0.15, 0.2) is 0 Å².